The van der Waals surface area contributed by atoms with E-state index in [4.69, 9.17) is 11.6 Å². The molecule has 4 aliphatic rings. The van der Waals surface area contributed by atoms with Gasteiger partial charge in [-0.25, -0.2) is 14.2 Å². The molecule has 234 valence electrons. The van der Waals surface area contributed by atoms with Gasteiger partial charge in [-0.3, -0.25) is 29.3 Å². The van der Waals surface area contributed by atoms with Crippen molar-refractivity contribution in [3.05, 3.63) is 104 Å². The van der Waals surface area contributed by atoms with Crippen LogP contribution in [0.1, 0.15) is 36.8 Å². The van der Waals surface area contributed by atoms with Gasteiger partial charge in [-0.1, -0.05) is 41.4 Å². The molecule has 3 aromatic carbocycles. The molecule has 0 radical (unpaired) electrons. The maximum atomic E-state index is 14.5. The molecule has 10 nitrogen and oxygen atoms in total. The Hall–Kier alpha value is -4.90. The van der Waals surface area contributed by atoms with Crippen LogP contribution in [0.25, 0.3) is 0 Å². The van der Waals surface area contributed by atoms with Crippen LogP contribution < -0.4 is 9.80 Å². The molecule has 0 bridgehead atoms. The Balaban J connectivity index is 1.36. The third-order valence-electron chi connectivity index (χ3n) is 10.3. The van der Waals surface area contributed by atoms with Crippen LogP contribution in [0.3, 0.4) is 0 Å². The lowest BCUT2D eigenvalue weighted by Gasteiger charge is -2.49. The van der Waals surface area contributed by atoms with E-state index in [1.807, 2.05) is 6.08 Å². The zero-order chi connectivity index (χ0) is 32.8. The van der Waals surface area contributed by atoms with Crippen molar-refractivity contribution in [1.82, 2.24) is 0 Å². The molecular formula is C34H27ClFN3O7. The van der Waals surface area contributed by atoms with E-state index >= 15 is 0 Å². The summed E-state index contributed by atoms with van der Waals surface area (Å²) in [6.45, 7) is 3.44. The molecule has 46 heavy (non-hydrogen) atoms. The van der Waals surface area contributed by atoms with Gasteiger partial charge in [0, 0.05) is 18.1 Å². The van der Waals surface area contributed by atoms with Crippen LogP contribution >= 0.6 is 11.6 Å². The minimum Gasteiger partial charge on any atom is -0.508 e. The Morgan fingerprint density at radius 1 is 0.957 bits per heavy atom. The lowest BCUT2D eigenvalue weighted by Crippen LogP contribution is -2.48. The highest BCUT2D eigenvalue weighted by Crippen LogP contribution is 2.64. The molecule has 3 aromatic rings. The number of hydrogen-bond donors (Lipinski definition) is 1. The second-order valence-corrected chi connectivity index (χ2v) is 13.0. The fourth-order valence-electron chi connectivity index (χ4n) is 8.12. The number of phenols is 1. The molecule has 4 amide bonds. The molecule has 1 saturated carbocycles. The smallest absolute Gasteiger partial charge is 0.271 e. The zero-order valence-corrected chi connectivity index (χ0v) is 25.4. The van der Waals surface area contributed by atoms with Crippen LogP contribution in [0.4, 0.5) is 21.5 Å². The number of allylic oxidation sites excluding steroid dienone is 2. The number of amides is 4. The second-order valence-electron chi connectivity index (χ2n) is 12.6. The molecule has 7 rings (SSSR count). The summed E-state index contributed by atoms with van der Waals surface area (Å²) in [5, 5.41) is 21.5. The number of hydrogen-bond acceptors (Lipinski definition) is 7. The number of nitro groups is 1. The van der Waals surface area contributed by atoms with Gasteiger partial charge in [0.05, 0.1) is 44.5 Å². The van der Waals surface area contributed by atoms with Gasteiger partial charge in [0.1, 0.15) is 11.6 Å². The molecule has 0 aromatic heterocycles. The van der Waals surface area contributed by atoms with E-state index in [1.165, 1.54) is 42.5 Å². The van der Waals surface area contributed by atoms with Crippen LogP contribution in [0.5, 0.6) is 5.75 Å². The van der Waals surface area contributed by atoms with Gasteiger partial charge in [0.15, 0.2) is 0 Å². The van der Waals surface area contributed by atoms with Crippen molar-refractivity contribution in [2.45, 2.75) is 32.6 Å². The summed E-state index contributed by atoms with van der Waals surface area (Å²) in [5.41, 5.74) is 0.574. The van der Waals surface area contributed by atoms with E-state index in [0.717, 1.165) is 21.4 Å². The molecule has 2 heterocycles. The van der Waals surface area contributed by atoms with Gasteiger partial charge >= 0.3 is 0 Å². The minimum absolute atomic E-state index is 0.0519. The Kier molecular flexibility index (Phi) is 6.68. The van der Waals surface area contributed by atoms with E-state index < -0.39 is 69.4 Å². The van der Waals surface area contributed by atoms with Crippen LogP contribution in [-0.4, -0.2) is 33.7 Å². The normalized spacial score (nSPS) is 28.6. The van der Waals surface area contributed by atoms with Crippen molar-refractivity contribution >= 4 is 52.3 Å². The molecule has 12 heteroatoms. The SMILES string of the molecule is Cc1cc(C2C3=CCC4C(=O)N(c5cccc([N+](=O)[O-])c5)C(=O)C4C3CC3C(=O)N(c4ccc(F)c(Cl)c4)C(=O)C32C)ccc1O. The maximum absolute atomic E-state index is 14.5. The van der Waals surface area contributed by atoms with Crippen molar-refractivity contribution in [3.63, 3.8) is 0 Å². The maximum Gasteiger partial charge on any atom is 0.271 e. The Bertz CT molecular complexity index is 1950. The first-order chi connectivity index (χ1) is 21.8. The lowest BCUT2D eigenvalue weighted by atomic mass is 9.51. The van der Waals surface area contributed by atoms with E-state index in [0.29, 0.717) is 11.1 Å². The van der Waals surface area contributed by atoms with E-state index in [-0.39, 0.29) is 40.7 Å². The molecule has 0 spiro atoms. The number of nitrogens with zero attached hydrogens (tertiary/aromatic N) is 3. The predicted octanol–water partition coefficient (Wildman–Crippen LogP) is 5.84. The number of halogens is 2. The Morgan fingerprint density at radius 3 is 2.39 bits per heavy atom. The number of phenolic OH excluding ortho intramolecular Hbond substituents is 1. The fourth-order valence-corrected chi connectivity index (χ4v) is 8.30. The summed E-state index contributed by atoms with van der Waals surface area (Å²) in [5.74, 6) is -6.53. The predicted molar refractivity (Wildman–Crippen MR) is 164 cm³/mol. The number of nitro benzene ring substituents is 1. The van der Waals surface area contributed by atoms with Gasteiger partial charge in [-0.2, -0.15) is 0 Å². The monoisotopic (exact) mass is 643 g/mol. The topological polar surface area (TPSA) is 138 Å². The number of aromatic hydroxyl groups is 1. The number of imide groups is 2. The highest BCUT2D eigenvalue weighted by Gasteiger charge is 2.67. The number of anilines is 2. The Morgan fingerprint density at radius 2 is 1.70 bits per heavy atom. The van der Waals surface area contributed by atoms with Crippen LogP contribution in [0.15, 0.2) is 72.3 Å². The first-order valence-corrected chi connectivity index (χ1v) is 15.2. The number of carbonyl (C=O) groups excluding carboxylic acids is 4. The summed E-state index contributed by atoms with van der Waals surface area (Å²) in [6, 6.07) is 13.9. The van der Waals surface area contributed by atoms with Crippen molar-refractivity contribution in [2.24, 2.45) is 29.1 Å². The van der Waals surface area contributed by atoms with Crippen LogP contribution in [0, 0.1) is 51.9 Å². The molecule has 2 aliphatic carbocycles. The molecule has 2 saturated heterocycles. The first kappa shape index (κ1) is 29.8. The molecule has 3 fully saturated rings. The third kappa shape index (κ3) is 4.07. The van der Waals surface area contributed by atoms with E-state index in [2.05, 4.69) is 0 Å². The average Bonchev–Trinajstić information content (AvgIpc) is 3.39. The van der Waals surface area contributed by atoms with Gasteiger partial charge in [0.25, 0.3) is 5.69 Å². The van der Waals surface area contributed by atoms with E-state index in [9.17, 15) is 38.8 Å². The van der Waals surface area contributed by atoms with Crippen molar-refractivity contribution in [1.29, 1.82) is 0 Å². The molecule has 1 N–H and O–H groups in total. The van der Waals surface area contributed by atoms with Gasteiger partial charge in [-0.15, -0.1) is 0 Å². The summed E-state index contributed by atoms with van der Waals surface area (Å²) in [4.78, 5) is 69.5. The molecule has 6 atom stereocenters. The summed E-state index contributed by atoms with van der Waals surface area (Å²) in [6.07, 6.45) is 2.17. The Labute approximate surface area is 267 Å². The number of benzene rings is 3. The van der Waals surface area contributed by atoms with Gasteiger partial charge in [-0.05, 0) is 74.1 Å². The standard InChI is InChI=1S/C34H27ClFN3O7/c1-16-12-17(6-11-27(16)40)29-21-8-9-22-28(32(43)37(30(22)41)18-4-3-5-20(13-18)39(45)46)23(21)15-24-31(42)38(33(44)34(24,29)2)19-7-10-26(36)25(35)14-19/h3-8,10-14,22-24,28-29,40H,9,15H2,1-2H3. The molecule has 2 aliphatic heterocycles. The van der Waals surface area contributed by atoms with Crippen molar-refractivity contribution in [2.75, 3.05) is 9.80 Å². The lowest BCUT2D eigenvalue weighted by molar-refractivity contribution is -0.384. The molecule has 6 unspecified atom stereocenters. The van der Waals surface area contributed by atoms with Crippen molar-refractivity contribution < 1.29 is 33.6 Å². The quantitative estimate of drug-likeness (QED) is 0.163. The number of rotatable bonds is 4. The average molecular weight is 644 g/mol. The van der Waals surface area contributed by atoms with Gasteiger partial charge in [0.2, 0.25) is 23.6 Å². The summed E-state index contributed by atoms with van der Waals surface area (Å²) in [7, 11) is 0. The number of fused-ring (bicyclic) bond motifs is 4. The largest absolute Gasteiger partial charge is 0.508 e. The number of aryl methyl sites for hydroxylation is 1. The molecular weight excluding hydrogens is 617 g/mol. The highest BCUT2D eigenvalue weighted by atomic mass is 35.5. The first-order valence-electron chi connectivity index (χ1n) is 14.8. The van der Waals surface area contributed by atoms with E-state index in [1.54, 1.807) is 26.0 Å². The fraction of sp³-hybridized carbons (Fsp3) is 0.294. The highest BCUT2D eigenvalue weighted by molar-refractivity contribution is 6.32. The second kappa shape index (κ2) is 10.3. The van der Waals surface area contributed by atoms with Crippen LogP contribution in [0.2, 0.25) is 5.02 Å². The number of non-ortho nitro benzene ring substituents is 1. The zero-order valence-electron chi connectivity index (χ0n) is 24.6. The minimum atomic E-state index is -1.33. The van der Waals surface area contributed by atoms with Crippen molar-refractivity contribution in [3.8, 4) is 5.75 Å². The van der Waals surface area contributed by atoms with Gasteiger partial charge < -0.3 is 5.11 Å². The summed E-state index contributed by atoms with van der Waals surface area (Å²) < 4.78 is 14.1. The third-order valence-corrected chi connectivity index (χ3v) is 10.6. The van der Waals surface area contributed by atoms with Crippen LogP contribution in [-0.2, 0) is 19.2 Å². The number of carbonyl (C=O) groups is 4. The summed E-state index contributed by atoms with van der Waals surface area (Å²) >= 11 is 6.04.